The summed E-state index contributed by atoms with van der Waals surface area (Å²) in [4.78, 5) is 24.5. The SMILES string of the molecule is CC(C(=O)O)(c1ccccc1)N1C(=O)CSC1S(=O)(=O)O. The first kappa shape index (κ1) is 15.8. The minimum atomic E-state index is -4.60. The van der Waals surface area contributed by atoms with Crippen LogP contribution in [0.1, 0.15) is 12.5 Å². The van der Waals surface area contributed by atoms with Gasteiger partial charge in [-0.1, -0.05) is 30.3 Å². The van der Waals surface area contributed by atoms with Gasteiger partial charge in [0.05, 0.1) is 5.75 Å². The number of hydrogen-bond donors (Lipinski definition) is 2. The van der Waals surface area contributed by atoms with Crippen molar-refractivity contribution < 1.29 is 27.7 Å². The van der Waals surface area contributed by atoms with Crippen LogP contribution in [0.4, 0.5) is 0 Å². The van der Waals surface area contributed by atoms with E-state index in [2.05, 4.69) is 0 Å². The van der Waals surface area contributed by atoms with Crippen LogP contribution in [0.5, 0.6) is 0 Å². The van der Waals surface area contributed by atoms with Gasteiger partial charge in [-0.25, -0.2) is 4.79 Å². The number of carboxylic acid groups (broad SMARTS) is 1. The van der Waals surface area contributed by atoms with Crippen molar-refractivity contribution in [3.63, 3.8) is 0 Å². The average Bonchev–Trinajstić information content (AvgIpc) is 2.81. The van der Waals surface area contributed by atoms with Gasteiger partial charge < -0.3 is 5.11 Å². The fourth-order valence-electron chi connectivity index (χ4n) is 2.21. The number of aliphatic carboxylic acids is 1. The molecule has 0 radical (unpaired) electrons. The van der Waals surface area contributed by atoms with E-state index in [0.29, 0.717) is 16.7 Å². The third-order valence-electron chi connectivity index (χ3n) is 3.32. The van der Waals surface area contributed by atoms with Crippen molar-refractivity contribution in [2.45, 2.75) is 17.2 Å². The Morgan fingerprint density at radius 3 is 2.43 bits per heavy atom. The van der Waals surface area contributed by atoms with E-state index in [1.165, 1.54) is 19.1 Å². The lowest BCUT2D eigenvalue weighted by Crippen LogP contribution is -2.55. The van der Waals surface area contributed by atoms with Gasteiger partial charge >= 0.3 is 5.97 Å². The normalized spacial score (nSPS) is 22.1. The number of carboxylic acids is 1. The van der Waals surface area contributed by atoms with Crippen LogP contribution in [0.2, 0.25) is 0 Å². The highest BCUT2D eigenvalue weighted by Crippen LogP contribution is 2.40. The van der Waals surface area contributed by atoms with Crippen LogP contribution >= 0.6 is 11.8 Å². The summed E-state index contributed by atoms with van der Waals surface area (Å²) in [7, 11) is -4.60. The smallest absolute Gasteiger partial charge is 0.334 e. The number of rotatable bonds is 4. The van der Waals surface area contributed by atoms with Crippen LogP contribution < -0.4 is 0 Å². The second kappa shape index (κ2) is 5.32. The molecule has 2 rings (SSSR count). The van der Waals surface area contributed by atoms with E-state index in [1.807, 2.05) is 0 Å². The first-order chi connectivity index (χ1) is 9.69. The lowest BCUT2D eigenvalue weighted by Gasteiger charge is -2.37. The Hall–Kier alpha value is -1.58. The third kappa shape index (κ3) is 2.63. The van der Waals surface area contributed by atoms with Crippen molar-refractivity contribution in [1.29, 1.82) is 0 Å². The summed E-state index contributed by atoms with van der Waals surface area (Å²) in [5, 5.41) is 9.57. The van der Waals surface area contributed by atoms with E-state index in [4.69, 9.17) is 0 Å². The molecule has 1 fully saturated rings. The van der Waals surface area contributed by atoms with Gasteiger partial charge in [-0.15, -0.1) is 11.8 Å². The van der Waals surface area contributed by atoms with E-state index in [1.54, 1.807) is 18.2 Å². The number of carbonyl (C=O) groups is 2. The molecule has 0 spiro atoms. The second-order valence-corrected chi connectivity index (χ2v) is 7.48. The summed E-state index contributed by atoms with van der Waals surface area (Å²) >= 11 is 0.680. The van der Waals surface area contributed by atoms with Gasteiger partial charge in [-0.3, -0.25) is 14.2 Å². The zero-order chi connectivity index (χ0) is 15.8. The van der Waals surface area contributed by atoms with Crippen molar-refractivity contribution in [3.05, 3.63) is 35.9 Å². The van der Waals surface area contributed by atoms with Crippen molar-refractivity contribution in [2.24, 2.45) is 0 Å². The highest BCUT2D eigenvalue weighted by molar-refractivity contribution is 8.12. The number of thioether (sulfide) groups is 1. The van der Waals surface area contributed by atoms with Crippen molar-refractivity contribution in [3.8, 4) is 0 Å². The summed E-state index contributed by atoms with van der Waals surface area (Å²) < 4.78 is 30.5. The van der Waals surface area contributed by atoms with Gasteiger partial charge in [0.1, 0.15) is 0 Å². The molecule has 21 heavy (non-hydrogen) atoms. The molecule has 2 N–H and O–H groups in total. The maximum atomic E-state index is 12.0. The van der Waals surface area contributed by atoms with E-state index in [9.17, 15) is 27.7 Å². The summed E-state index contributed by atoms with van der Waals surface area (Å²) in [6.45, 7) is 1.24. The first-order valence-corrected chi connectivity index (χ1v) is 8.43. The molecule has 1 heterocycles. The Morgan fingerprint density at radius 1 is 1.38 bits per heavy atom. The average molecular weight is 331 g/mol. The molecular weight excluding hydrogens is 318 g/mol. The largest absolute Gasteiger partial charge is 0.479 e. The highest BCUT2D eigenvalue weighted by atomic mass is 32.3. The number of nitrogens with zero attached hydrogens (tertiary/aromatic N) is 1. The molecule has 114 valence electrons. The molecule has 1 aliphatic rings. The quantitative estimate of drug-likeness (QED) is 0.782. The topological polar surface area (TPSA) is 112 Å². The van der Waals surface area contributed by atoms with Gasteiger partial charge in [0.25, 0.3) is 10.1 Å². The molecule has 1 aromatic carbocycles. The summed E-state index contributed by atoms with van der Waals surface area (Å²) in [5.74, 6) is -2.24. The van der Waals surface area contributed by atoms with Gasteiger partial charge in [0.2, 0.25) is 10.6 Å². The number of hydrogen-bond acceptors (Lipinski definition) is 5. The molecule has 0 aliphatic carbocycles. The minimum Gasteiger partial charge on any atom is -0.479 e. The number of amides is 1. The second-order valence-electron chi connectivity index (χ2n) is 4.64. The van der Waals surface area contributed by atoms with E-state index < -0.39 is 32.2 Å². The molecule has 1 aromatic rings. The molecule has 0 aromatic heterocycles. The fraction of sp³-hybridized carbons (Fsp3) is 0.333. The van der Waals surface area contributed by atoms with E-state index in [-0.39, 0.29) is 11.3 Å². The number of carbonyl (C=O) groups excluding carboxylic acids is 1. The maximum Gasteiger partial charge on any atom is 0.334 e. The molecule has 7 nitrogen and oxygen atoms in total. The summed E-state index contributed by atoms with van der Waals surface area (Å²) in [6.07, 6.45) is 0. The van der Waals surface area contributed by atoms with E-state index in [0.717, 1.165) is 0 Å². The Labute approximate surface area is 125 Å². The Kier molecular flexibility index (Phi) is 4.00. The molecule has 2 unspecified atom stereocenters. The van der Waals surface area contributed by atoms with Gasteiger partial charge in [0, 0.05) is 0 Å². The summed E-state index contributed by atoms with van der Waals surface area (Å²) in [5.41, 5.74) is -1.63. The molecule has 9 heteroatoms. The zero-order valence-electron chi connectivity index (χ0n) is 11.0. The lowest BCUT2D eigenvalue weighted by molar-refractivity contribution is -0.157. The number of benzene rings is 1. The standard InChI is InChI=1S/C12H13NO6S2/c1-12(10(15)16,8-5-3-2-4-6-8)13-9(14)7-20-11(13)21(17,18)19/h2-6,11H,7H2,1H3,(H,15,16)(H,17,18,19). The molecule has 0 bridgehead atoms. The molecule has 1 amide bonds. The Bertz CT molecular complexity index is 674. The maximum absolute atomic E-state index is 12.0. The fourth-order valence-corrected chi connectivity index (χ4v) is 4.60. The van der Waals surface area contributed by atoms with Gasteiger partial charge in [-0.2, -0.15) is 8.42 Å². The molecule has 0 saturated carbocycles. The minimum absolute atomic E-state index is 0.208. The highest BCUT2D eigenvalue weighted by Gasteiger charge is 2.54. The molecule has 1 aliphatic heterocycles. The van der Waals surface area contributed by atoms with Crippen LogP contribution in [0.25, 0.3) is 0 Å². The van der Waals surface area contributed by atoms with Crippen LogP contribution in [-0.2, 0) is 25.2 Å². The first-order valence-electron chi connectivity index (χ1n) is 5.88. The predicted molar refractivity (Wildman–Crippen MR) is 76.1 cm³/mol. The van der Waals surface area contributed by atoms with Crippen molar-refractivity contribution in [2.75, 3.05) is 5.75 Å². The van der Waals surface area contributed by atoms with Crippen LogP contribution in [-0.4, -0.2) is 45.3 Å². The molecule has 1 saturated heterocycles. The molecular formula is C12H13NO6S2. The predicted octanol–water partition coefficient (Wildman–Crippen LogP) is 0.733. The zero-order valence-corrected chi connectivity index (χ0v) is 12.6. The van der Waals surface area contributed by atoms with Gasteiger partial charge in [-0.05, 0) is 12.5 Å². The third-order valence-corrected chi connectivity index (χ3v) is 6.09. The lowest BCUT2D eigenvalue weighted by atomic mass is 9.90. The van der Waals surface area contributed by atoms with Crippen LogP contribution in [0.3, 0.4) is 0 Å². The van der Waals surface area contributed by atoms with E-state index >= 15 is 0 Å². The van der Waals surface area contributed by atoms with Crippen LogP contribution in [0, 0.1) is 0 Å². The van der Waals surface area contributed by atoms with Crippen molar-refractivity contribution in [1.82, 2.24) is 4.90 Å². The van der Waals surface area contributed by atoms with Crippen molar-refractivity contribution >= 4 is 33.8 Å². The monoisotopic (exact) mass is 331 g/mol. The summed E-state index contributed by atoms with van der Waals surface area (Å²) in [6, 6.07) is 7.84. The Balaban J connectivity index is 2.62. The Morgan fingerprint density at radius 2 is 1.95 bits per heavy atom. The van der Waals surface area contributed by atoms with Gasteiger partial charge in [0.15, 0.2) is 5.54 Å². The van der Waals surface area contributed by atoms with Crippen LogP contribution in [0.15, 0.2) is 30.3 Å². The molecule has 2 atom stereocenters.